The van der Waals surface area contributed by atoms with Gasteiger partial charge in [-0.05, 0) is 50.4 Å². The molecule has 0 heterocycles. The molecule has 0 spiro atoms. The molecule has 0 bridgehead atoms. The molecule has 1 unspecified atom stereocenters. The fourth-order valence-electron chi connectivity index (χ4n) is 2.61. The van der Waals surface area contributed by atoms with Crippen LogP contribution in [-0.4, -0.2) is 0 Å². The summed E-state index contributed by atoms with van der Waals surface area (Å²) in [5.41, 5.74) is 5.19. The van der Waals surface area contributed by atoms with E-state index in [4.69, 9.17) is 0 Å². The molecular formula is C19H36. The first-order valence-corrected chi connectivity index (χ1v) is 7.73. The molecule has 0 aliphatic heterocycles. The molecule has 0 amide bonds. The molecule has 1 atom stereocenters. The lowest BCUT2D eigenvalue weighted by Crippen LogP contribution is -2.26. The Kier molecular flexibility index (Phi) is 6.59. The molecule has 0 fully saturated rings. The van der Waals surface area contributed by atoms with Gasteiger partial charge in [-0.2, -0.15) is 0 Å². The van der Waals surface area contributed by atoms with Crippen LogP contribution in [0.15, 0.2) is 22.8 Å². The highest BCUT2D eigenvalue weighted by Crippen LogP contribution is 2.40. The first kappa shape index (κ1) is 18.5. The average Bonchev–Trinajstić information content (AvgIpc) is 2.21. The third kappa shape index (κ3) is 6.99. The number of rotatable bonds is 4. The van der Waals surface area contributed by atoms with Crippen LogP contribution in [0.25, 0.3) is 0 Å². The van der Waals surface area contributed by atoms with Crippen LogP contribution < -0.4 is 0 Å². The van der Waals surface area contributed by atoms with Crippen LogP contribution in [0.4, 0.5) is 0 Å². The minimum Gasteiger partial charge on any atom is -0.0707 e. The van der Waals surface area contributed by atoms with E-state index in [-0.39, 0.29) is 0 Å². The maximum absolute atomic E-state index is 2.42. The highest BCUT2D eigenvalue weighted by Gasteiger charge is 2.30. The summed E-state index contributed by atoms with van der Waals surface area (Å²) in [6, 6.07) is 0. The Labute approximate surface area is 122 Å². The van der Waals surface area contributed by atoms with Gasteiger partial charge >= 0.3 is 0 Å². The summed E-state index contributed by atoms with van der Waals surface area (Å²) in [5, 5.41) is 0. The molecule has 0 nitrogen and oxygen atoms in total. The Balaban J connectivity index is 5.36. The van der Waals surface area contributed by atoms with E-state index in [9.17, 15) is 0 Å². The summed E-state index contributed by atoms with van der Waals surface area (Å²) in [6.07, 6.45) is 4.81. The van der Waals surface area contributed by atoms with Gasteiger partial charge in [0.05, 0.1) is 0 Å². The van der Waals surface area contributed by atoms with Gasteiger partial charge in [0, 0.05) is 0 Å². The van der Waals surface area contributed by atoms with E-state index in [2.05, 4.69) is 75.3 Å². The molecule has 0 saturated carbocycles. The van der Waals surface area contributed by atoms with Crippen LogP contribution in [0.3, 0.4) is 0 Å². The van der Waals surface area contributed by atoms with Crippen molar-refractivity contribution in [3.05, 3.63) is 22.8 Å². The minimum absolute atomic E-state index is 0.328. The third-order valence-electron chi connectivity index (χ3n) is 4.06. The monoisotopic (exact) mass is 264 g/mol. The van der Waals surface area contributed by atoms with E-state index in [1.807, 2.05) is 0 Å². The van der Waals surface area contributed by atoms with Crippen molar-refractivity contribution in [1.29, 1.82) is 0 Å². The van der Waals surface area contributed by atoms with Gasteiger partial charge in [-0.25, -0.2) is 0 Å². The summed E-state index contributed by atoms with van der Waals surface area (Å²) >= 11 is 0. The maximum atomic E-state index is 2.42. The van der Waals surface area contributed by atoms with Crippen LogP contribution >= 0.6 is 0 Å². The topological polar surface area (TPSA) is 0 Å². The van der Waals surface area contributed by atoms with Gasteiger partial charge in [0.1, 0.15) is 0 Å². The van der Waals surface area contributed by atoms with Crippen molar-refractivity contribution in [3.63, 3.8) is 0 Å². The van der Waals surface area contributed by atoms with E-state index in [1.165, 1.54) is 23.1 Å². The second-order valence-electron chi connectivity index (χ2n) is 8.39. The molecule has 0 heteroatoms. The maximum Gasteiger partial charge on any atom is -0.0149 e. The van der Waals surface area contributed by atoms with Crippen molar-refractivity contribution in [2.24, 2.45) is 16.7 Å². The van der Waals surface area contributed by atoms with Crippen molar-refractivity contribution in [3.8, 4) is 0 Å². The molecule has 0 aromatic rings. The molecule has 0 aromatic heterocycles. The SMILES string of the molecule is CC/C(C)=C(C)/C=C(\C)C(CC(C)(C)C)C(C)(C)C. The van der Waals surface area contributed by atoms with Gasteiger partial charge in [-0.15, -0.1) is 0 Å². The van der Waals surface area contributed by atoms with Gasteiger partial charge < -0.3 is 0 Å². The predicted molar refractivity (Wildman–Crippen MR) is 89.4 cm³/mol. The lowest BCUT2D eigenvalue weighted by Gasteiger charge is -2.36. The fourth-order valence-corrected chi connectivity index (χ4v) is 2.61. The van der Waals surface area contributed by atoms with Crippen molar-refractivity contribution < 1.29 is 0 Å². The van der Waals surface area contributed by atoms with E-state index >= 15 is 0 Å². The molecule has 0 rings (SSSR count). The first-order chi connectivity index (χ1) is 8.38. The van der Waals surface area contributed by atoms with Crippen LogP contribution in [0, 0.1) is 16.7 Å². The second kappa shape index (κ2) is 6.77. The highest BCUT2D eigenvalue weighted by molar-refractivity contribution is 5.27. The number of hydrogen-bond donors (Lipinski definition) is 0. The lowest BCUT2D eigenvalue weighted by molar-refractivity contribution is 0.196. The minimum atomic E-state index is 0.328. The van der Waals surface area contributed by atoms with Crippen molar-refractivity contribution in [2.75, 3.05) is 0 Å². The van der Waals surface area contributed by atoms with Crippen LogP contribution in [0.2, 0.25) is 0 Å². The van der Waals surface area contributed by atoms with Gasteiger partial charge in [-0.3, -0.25) is 0 Å². The predicted octanol–water partition coefficient (Wildman–Crippen LogP) is 6.78. The second-order valence-corrected chi connectivity index (χ2v) is 8.39. The summed E-state index contributed by atoms with van der Waals surface area (Å²) in [6.45, 7) is 23.2. The third-order valence-corrected chi connectivity index (χ3v) is 4.06. The van der Waals surface area contributed by atoms with Gasteiger partial charge in [0.2, 0.25) is 0 Å². The van der Waals surface area contributed by atoms with E-state index in [0.717, 1.165) is 6.42 Å². The van der Waals surface area contributed by atoms with Crippen LogP contribution in [0.5, 0.6) is 0 Å². The van der Waals surface area contributed by atoms with Gasteiger partial charge in [-0.1, -0.05) is 71.3 Å². The molecule has 0 N–H and O–H groups in total. The standard InChI is InChI=1S/C19H36/c1-11-14(2)15(3)12-16(4)17(19(8,9)10)13-18(5,6)7/h12,17H,11,13H2,1-10H3/b15-14+,16-12+. The van der Waals surface area contributed by atoms with Crippen molar-refractivity contribution in [2.45, 2.75) is 82.1 Å². The molecule has 0 aliphatic carbocycles. The molecule has 0 aliphatic rings. The first-order valence-electron chi connectivity index (χ1n) is 7.73. The molecule has 112 valence electrons. The highest BCUT2D eigenvalue weighted by atomic mass is 14.3. The number of hydrogen-bond acceptors (Lipinski definition) is 0. The molecule has 0 aromatic carbocycles. The molecule has 19 heavy (non-hydrogen) atoms. The Morgan fingerprint density at radius 1 is 0.947 bits per heavy atom. The van der Waals surface area contributed by atoms with Gasteiger partial charge in [0.25, 0.3) is 0 Å². The van der Waals surface area contributed by atoms with E-state index in [0.29, 0.717) is 16.7 Å². The van der Waals surface area contributed by atoms with Gasteiger partial charge in [0.15, 0.2) is 0 Å². The Morgan fingerprint density at radius 2 is 1.42 bits per heavy atom. The summed E-state index contributed by atoms with van der Waals surface area (Å²) in [4.78, 5) is 0. The summed E-state index contributed by atoms with van der Waals surface area (Å²) < 4.78 is 0. The summed E-state index contributed by atoms with van der Waals surface area (Å²) in [7, 11) is 0. The normalized spacial score (nSPS) is 17.3. The smallest absolute Gasteiger partial charge is 0.0149 e. The lowest BCUT2D eigenvalue weighted by atomic mass is 9.69. The fraction of sp³-hybridized carbons (Fsp3) is 0.789. The van der Waals surface area contributed by atoms with Crippen molar-refractivity contribution >= 4 is 0 Å². The van der Waals surface area contributed by atoms with Crippen LogP contribution in [0.1, 0.15) is 82.1 Å². The van der Waals surface area contributed by atoms with E-state index < -0.39 is 0 Å². The zero-order valence-electron chi connectivity index (χ0n) is 15.1. The number of allylic oxidation sites excluding steroid dienone is 4. The molecule has 0 radical (unpaired) electrons. The quantitative estimate of drug-likeness (QED) is 0.491. The Hall–Kier alpha value is -0.520. The molecular weight excluding hydrogens is 228 g/mol. The Bertz CT molecular complexity index is 339. The van der Waals surface area contributed by atoms with Crippen LogP contribution in [-0.2, 0) is 0 Å². The van der Waals surface area contributed by atoms with E-state index in [1.54, 1.807) is 0 Å². The zero-order valence-corrected chi connectivity index (χ0v) is 15.1. The Morgan fingerprint density at radius 3 is 1.74 bits per heavy atom. The largest absolute Gasteiger partial charge is 0.0707 e. The molecule has 0 saturated heterocycles. The zero-order chi connectivity index (χ0) is 15.4. The summed E-state index contributed by atoms with van der Waals surface area (Å²) in [5.74, 6) is 0.645. The average molecular weight is 264 g/mol. The van der Waals surface area contributed by atoms with Crippen molar-refractivity contribution in [1.82, 2.24) is 0 Å².